The van der Waals surface area contributed by atoms with Crippen molar-refractivity contribution in [2.75, 3.05) is 13.2 Å². The van der Waals surface area contributed by atoms with Gasteiger partial charge >= 0.3 is 0 Å². The molecule has 1 fully saturated rings. The molecule has 1 rings (SSSR count). The number of hydrogen-bond acceptors (Lipinski definition) is 2. The van der Waals surface area contributed by atoms with Crippen LogP contribution in [0.4, 0.5) is 0 Å². The van der Waals surface area contributed by atoms with Gasteiger partial charge in [-0.2, -0.15) is 0 Å². The Kier molecular flexibility index (Phi) is 6.50. The van der Waals surface area contributed by atoms with E-state index in [1.807, 2.05) is 0 Å². The van der Waals surface area contributed by atoms with Crippen molar-refractivity contribution < 1.29 is 4.74 Å². The first-order chi connectivity index (χ1) is 7.99. The molecule has 17 heavy (non-hydrogen) atoms. The summed E-state index contributed by atoms with van der Waals surface area (Å²) in [5.41, 5.74) is 0.587. The molecule has 1 aliphatic rings. The van der Waals surface area contributed by atoms with Crippen molar-refractivity contribution in [3.63, 3.8) is 0 Å². The van der Waals surface area contributed by atoms with Gasteiger partial charge in [-0.05, 0) is 64.3 Å². The van der Waals surface area contributed by atoms with E-state index in [0.717, 1.165) is 19.2 Å². The van der Waals surface area contributed by atoms with Crippen molar-refractivity contribution in [1.82, 2.24) is 5.32 Å². The predicted octanol–water partition coefficient (Wildman–Crippen LogP) is 3.75. The van der Waals surface area contributed by atoms with E-state index in [1.165, 1.54) is 38.5 Å². The van der Waals surface area contributed by atoms with Gasteiger partial charge in [-0.15, -0.1) is 0 Å². The minimum Gasteiger partial charge on any atom is -0.379 e. The van der Waals surface area contributed by atoms with Crippen molar-refractivity contribution in [2.45, 2.75) is 78.4 Å². The van der Waals surface area contributed by atoms with E-state index >= 15 is 0 Å². The van der Waals surface area contributed by atoms with Gasteiger partial charge < -0.3 is 10.1 Å². The first kappa shape index (κ1) is 15.0. The zero-order valence-corrected chi connectivity index (χ0v) is 12.2. The molecule has 102 valence electrons. The summed E-state index contributed by atoms with van der Waals surface area (Å²) in [4.78, 5) is 0. The molecule has 2 nitrogen and oxygen atoms in total. The van der Waals surface area contributed by atoms with Crippen LogP contribution in [0.25, 0.3) is 0 Å². The second-order valence-electron chi connectivity index (χ2n) is 6.52. The lowest BCUT2D eigenvalue weighted by Crippen LogP contribution is -2.36. The molecule has 1 N–H and O–H groups in total. The van der Waals surface area contributed by atoms with Crippen LogP contribution in [0.3, 0.4) is 0 Å². The number of ether oxygens (including phenoxy) is 1. The Balaban J connectivity index is 1.94. The van der Waals surface area contributed by atoms with Crippen LogP contribution in [-0.4, -0.2) is 25.3 Å². The van der Waals surface area contributed by atoms with E-state index in [-0.39, 0.29) is 0 Å². The van der Waals surface area contributed by atoms with E-state index in [1.54, 1.807) is 0 Å². The van der Waals surface area contributed by atoms with Gasteiger partial charge in [0, 0.05) is 12.6 Å². The average Bonchev–Trinajstić information content (AvgIpc) is 2.25. The molecule has 1 saturated carbocycles. The van der Waals surface area contributed by atoms with E-state index in [0.29, 0.717) is 11.5 Å². The molecule has 0 aliphatic heterocycles. The molecule has 0 heterocycles. The van der Waals surface area contributed by atoms with Crippen LogP contribution in [0.15, 0.2) is 0 Å². The van der Waals surface area contributed by atoms with Crippen molar-refractivity contribution >= 4 is 0 Å². The molecule has 0 aromatic carbocycles. The molecule has 0 bridgehead atoms. The van der Waals surface area contributed by atoms with Crippen LogP contribution in [0.1, 0.15) is 66.2 Å². The molecule has 0 atom stereocenters. The van der Waals surface area contributed by atoms with E-state index in [9.17, 15) is 0 Å². The highest BCUT2D eigenvalue weighted by Crippen LogP contribution is 2.34. The Hall–Kier alpha value is -0.0800. The minimum absolute atomic E-state index is 0.378. The summed E-state index contributed by atoms with van der Waals surface area (Å²) in [5, 5.41) is 3.69. The number of hydrogen-bond donors (Lipinski definition) is 1. The van der Waals surface area contributed by atoms with Crippen molar-refractivity contribution in [3.8, 4) is 0 Å². The third kappa shape index (κ3) is 7.05. The molecule has 0 unspecified atom stereocenters. The Morgan fingerprint density at radius 1 is 1.18 bits per heavy atom. The zero-order chi connectivity index (χ0) is 12.7. The molecular weight excluding hydrogens is 210 g/mol. The maximum atomic E-state index is 5.53. The lowest BCUT2D eigenvalue weighted by molar-refractivity contribution is 0.0758. The van der Waals surface area contributed by atoms with Crippen molar-refractivity contribution in [1.29, 1.82) is 0 Å². The summed E-state index contributed by atoms with van der Waals surface area (Å²) >= 11 is 0. The van der Waals surface area contributed by atoms with E-state index in [4.69, 9.17) is 4.74 Å². The van der Waals surface area contributed by atoms with Gasteiger partial charge in [-0.25, -0.2) is 0 Å². The van der Waals surface area contributed by atoms with Crippen molar-refractivity contribution in [2.24, 2.45) is 5.41 Å². The quantitative estimate of drug-likeness (QED) is 0.685. The molecule has 0 spiro atoms. The van der Waals surface area contributed by atoms with Gasteiger partial charge in [-0.1, -0.05) is 13.8 Å². The molecule has 0 aromatic heterocycles. The summed E-state index contributed by atoms with van der Waals surface area (Å²) in [6.07, 6.45) is 8.27. The first-order valence-corrected chi connectivity index (χ1v) is 7.34. The largest absolute Gasteiger partial charge is 0.379 e. The molecule has 1 aliphatic carbocycles. The van der Waals surface area contributed by atoms with Gasteiger partial charge in [0.15, 0.2) is 0 Å². The highest BCUT2D eigenvalue weighted by atomic mass is 16.5. The Morgan fingerprint density at radius 3 is 2.41 bits per heavy atom. The summed E-state index contributed by atoms with van der Waals surface area (Å²) in [6, 6.07) is 0.772. The topological polar surface area (TPSA) is 21.3 Å². The third-order valence-corrected chi connectivity index (χ3v) is 3.79. The standard InChI is InChI=1S/C15H31NO/c1-13(2)17-12-6-5-11-16-14-7-9-15(3,4)10-8-14/h13-14,16H,5-12H2,1-4H3. The fourth-order valence-corrected chi connectivity index (χ4v) is 2.46. The van der Waals surface area contributed by atoms with E-state index in [2.05, 4.69) is 33.0 Å². The predicted molar refractivity (Wildman–Crippen MR) is 74.4 cm³/mol. The van der Waals surface area contributed by atoms with Crippen LogP contribution in [0.2, 0.25) is 0 Å². The normalized spacial score (nSPS) is 21.0. The molecular formula is C15H31NO. The maximum absolute atomic E-state index is 5.53. The first-order valence-electron chi connectivity index (χ1n) is 7.34. The summed E-state index contributed by atoms with van der Waals surface area (Å²) < 4.78 is 5.53. The number of rotatable bonds is 7. The van der Waals surface area contributed by atoms with Crippen LogP contribution in [-0.2, 0) is 4.74 Å². The smallest absolute Gasteiger partial charge is 0.0518 e. The molecule has 0 saturated heterocycles. The van der Waals surface area contributed by atoms with Gasteiger partial charge in [0.25, 0.3) is 0 Å². The SMILES string of the molecule is CC(C)OCCCCNC1CCC(C)(C)CC1. The Labute approximate surface area is 108 Å². The van der Waals surface area contributed by atoms with Crippen LogP contribution in [0, 0.1) is 5.41 Å². The summed E-state index contributed by atoms with van der Waals surface area (Å²) in [5.74, 6) is 0. The molecule has 0 aromatic rings. The number of nitrogens with one attached hydrogen (secondary N) is 1. The Morgan fingerprint density at radius 2 is 1.82 bits per heavy atom. The summed E-state index contributed by atoms with van der Waals surface area (Å²) in [7, 11) is 0. The monoisotopic (exact) mass is 241 g/mol. The lowest BCUT2D eigenvalue weighted by Gasteiger charge is -2.34. The molecule has 0 radical (unpaired) electrons. The highest BCUT2D eigenvalue weighted by molar-refractivity contribution is 4.81. The van der Waals surface area contributed by atoms with Crippen molar-refractivity contribution in [3.05, 3.63) is 0 Å². The lowest BCUT2D eigenvalue weighted by atomic mass is 9.75. The van der Waals surface area contributed by atoms with Gasteiger partial charge in [0.05, 0.1) is 6.10 Å². The fraction of sp³-hybridized carbons (Fsp3) is 1.00. The fourth-order valence-electron chi connectivity index (χ4n) is 2.46. The van der Waals surface area contributed by atoms with Crippen LogP contribution < -0.4 is 5.32 Å². The average molecular weight is 241 g/mol. The van der Waals surface area contributed by atoms with Crippen LogP contribution >= 0.6 is 0 Å². The van der Waals surface area contributed by atoms with Gasteiger partial charge in [-0.3, -0.25) is 0 Å². The second-order valence-corrected chi connectivity index (χ2v) is 6.52. The summed E-state index contributed by atoms with van der Waals surface area (Å²) in [6.45, 7) is 11.1. The highest BCUT2D eigenvalue weighted by Gasteiger charge is 2.26. The second kappa shape index (κ2) is 7.38. The molecule has 0 amide bonds. The van der Waals surface area contributed by atoms with E-state index < -0.39 is 0 Å². The zero-order valence-electron chi connectivity index (χ0n) is 12.2. The van der Waals surface area contributed by atoms with Gasteiger partial charge in [0.2, 0.25) is 0 Å². The maximum Gasteiger partial charge on any atom is 0.0518 e. The number of unbranched alkanes of at least 4 members (excludes halogenated alkanes) is 1. The third-order valence-electron chi connectivity index (χ3n) is 3.79. The molecule has 2 heteroatoms. The van der Waals surface area contributed by atoms with Gasteiger partial charge in [0.1, 0.15) is 0 Å². The van der Waals surface area contributed by atoms with Crippen LogP contribution in [0.5, 0.6) is 0 Å². The Bertz CT molecular complexity index is 191. The minimum atomic E-state index is 0.378.